The topological polar surface area (TPSA) is 87.7 Å². The molecule has 3 unspecified atom stereocenters. The van der Waals surface area contributed by atoms with E-state index in [1.54, 1.807) is 0 Å². The number of carbonyl (C=O) groups is 1. The smallest absolute Gasteiger partial charge is 0.231 e. The van der Waals surface area contributed by atoms with E-state index >= 15 is 0 Å². The fourth-order valence-corrected chi connectivity index (χ4v) is 2.88. The summed E-state index contributed by atoms with van der Waals surface area (Å²) in [5.74, 6) is 0.532. The van der Waals surface area contributed by atoms with E-state index in [9.17, 15) is 4.79 Å². The number of hydrogen-bond donors (Lipinski definition) is 3. The van der Waals surface area contributed by atoms with Gasteiger partial charge in [-0.1, -0.05) is 45.2 Å². The van der Waals surface area contributed by atoms with Gasteiger partial charge in [-0.05, 0) is 24.2 Å². The highest BCUT2D eigenvalue weighted by Crippen LogP contribution is 2.29. The molecule has 0 bridgehead atoms. The minimum Gasteiger partial charge on any atom is -0.409 e. The van der Waals surface area contributed by atoms with Crippen molar-refractivity contribution in [2.75, 3.05) is 6.54 Å². The molecular weight excluding hydrogens is 242 g/mol. The predicted octanol–water partition coefficient (Wildman–Crippen LogP) is 1.95. The second-order valence-corrected chi connectivity index (χ2v) is 6.01. The largest absolute Gasteiger partial charge is 0.409 e. The van der Waals surface area contributed by atoms with Gasteiger partial charge in [0.25, 0.3) is 0 Å². The third-order valence-electron chi connectivity index (χ3n) is 4.21. The van der Waals surface area contributed by atoms with Crippen LogP contribution in [-0.4, -0.2) is 23.5 Å². The lowest BCUT2D eigenvalue weighted by atomic mass is 9.80. The molecule has 0 heterocycles. The van der Waals surface area contributed by atoms with Crippen molar-refractivity contribution in [1.29, 1.82) is 0 Å². The molecule has 5 heteroatoms. The molecule has 110 valence electrons. The summed E-state index contributed by atoms with van der Waals surface area (Å²) in [5.41, 5.74) is 5.59. The average molecular weight is 269 g/mol. The second-order valence-electron chi connectivity index (χ2n) is 6.01. The summed E-state index contributed by atoms with van der Waals surface area (Å²) in [6.07, 6.45) is 4.97. The lowest BCUT2D eigenvalue weighted by Gasteiger charge is -2.29. The van der Waals surface area contributed by atoms with Crippen molar-refractivity contribution in [3.8, 4) is 0 Å². The number of nitrogens with two attached hydrogens (primary N) is 1. The summed E-state index contributed by atoms with van der Waals surface area (Å²) in [5, 5.41) is 14.7. The van der Waals surface area contributed by atoms with Gasteiger partial charge >= 0.3 is 0 Å². The zero-order chi connectivity index (χ0) is 14.4. The molecule has 0 aromatic carbocycles. The number of nitrogens with one attached hydrogen (secondary N) is 1. The Morgan fingerprint density at radius 2 is 2.05 bits per heavy atom. The van der Waals surface area contributed by atoms with Gasteiger partial charge in [0.05, 0.1) is 0 Å². The van der Waals surface area contributed by atoms with Crippen molar-refractivity contribution in [3.05, 3.63) is 0 Å². The number of carbonyl (C=O) groups excluding carboxylic acids is 1. The SMILES string of the molecule is CC(C)C(C(=O)NCC1CCCCC1C)C(N)=NO. The maximum Gasteiger partial charge on any atom is 0.231 e. The Bertz CT molecular complexity index is 329. The van der Waals surface area contributed by atoms with Crippen LogP contribution in [0.2, 0.25) is 0 Å². The molecule has 1 rings (SSSR count). The summed E-state index contributed by atoms with van der Waals surface area (Å²) >= 11 is 0. The normalized spacial score (nSPS) is 26.2. The van der Waals surface area contributed by atoms with Gasteiger partial charge in [-0.2, -0.15) is 0 Å². The van der Waals surface area contributed by atoms with Crippen LogP contribution in [0.25, 0.3) is 0 Å². The maximum atomic E-state index is 12.2. The number of amidine groups is 1. The Balaban J connectivity index is 2.52. The highest BCUT2D eigenvalue weighted by Gasteiger charge is 2.28. The average Bonchev–Trinajstić information content (AvgIpc) is 2.37. The highest BCUT2D eigenvalue weighted by molar-refractivity contribution is 6.02. The first-order chi connectivity index (χ1) is 8.97. The maximum absolute atomic E-state index is 12.2. The minimum absolute atomic E-state index is 0.0100. The van der Waals surface area contributed by atoms with Crippen LogP contribution in [0.4, 0.5) is 0 Å². The monoisotopic (exact) mass is 269 g/mol. The summed E-state index contributed by atoms with van der Waals surface area (Å²) in [7, 11) is 0. The van der Waals surface area contributed by atoms with Crippen LogP contribution < -0.4 is 11.1 Å². The number of oxime groups is 1. The van der Waals surface area contributed by atoms with Crippen LogP contribution in [0, 0.1) is 23.7 Å². The Kier molecular flexibility index (Phi) is 6.12. The first kappa shape index (κ1) is 15.8. The van der Waals surface area contributed by atoms with Crippen LogP contribution in [0.5, 0.6) is 0 Å². The van der Waals surface area contributed by atoms with E-state index in [0.29, 0.717) is 18.4 Å². The van der Waals surface area contributed by atoms with E-state index in [-0.39, 0.29) is 17.7 Å². The van der Waals surface area contributed by atoms with Crippen molar-refractivity contribution in [1.82, 2.24) is 5.32 Å². The molecule has 3 atom stereocenters. The third kappa shape index (κ3) is 4.40. The number of hydrogen-bond acceptors (Lipinski definition) is 3. The molecule has 0 aromatic heterocycles. The molecule has 0 saturated heterocycles. The summed E-state index contributed by atoms with van der Waals surface area (Å²) in [4.78, 5) is 12.2. The summed E-state index contributed by atoms with van der Waals surface area (Å²) < 4.78 is 0. The van der Waals surface area contributed by atoms with Gasteiger partial charge in [-0.15, -0.1) is 0 Å². The highest BCUT2D eigenvalue weighted by atomic mass is 16.4. The Hall–Kier alpha value is -1.26. The first-order valence-electron chi connectivity index (χ1n) is 7.22. The number of rotatable bonds is 5. The van der Waals surface area contributed by atoms with Crippen LogP contribution in [0.3, 0.4) is 0 Å². The molecule has 19 heavy (non-hydrogen) atoms. The molecule has 0 aromatic rings. The lowest BCUT2D eigenvalue weighted by molar-refractivity contribution is -0.124. The van der Waals surface area contributed by atoms with Gasteiger partial charge in [0.15, 0.2) is 5.84 Å². The van der Waals surface area contributed by atoms with Crippen molar-refractivity contribution >= 4 is 11.7 Å². The van der Waals surface area contributed by atoms with Gasteiger partial charge in [0.1, 0.15) is 5.92 Å². The molecule has 1 amide bonds. The summed E-state index contributed by atoms with van der Waals surface area (Å²) in [6, 6.07) is 0. The zero-order valence-electron chi connectivity index (χ0n) is 12.2. The molecule has 1 fully saturated rings. The molecule has 1 aliphatic carbocycles. The number of amides is 1. The minimum atomic E-state index is -0.552. The van der Waals surface area contributed by atoms with Gasteiger partial charge in [0, 0.05) is 6.54 Å². The van der Waals surface area contributed by atoms with E-state index in [4.69, 9.17) is 10.9 Å². The molecular formula is C14H27N3O2. The van der Waals surface area contributed by atoms with E-state index < -0.39 is 5.92 Å². The van der Waals surface area contributed by atoms with Crippen LogP contribution in [0.1, 0.15) is 46.5 Å². The molecule has 0 radical (unpaired) electrons. The van der Waals surface area contributed by atoms with E-state index in [2.05, 4.69) is 17.4 Å². The van der Waals surface area contributed by atoms with Crippen LogP contribution >= 0.6 is 0 Å². The van der Waals surface area contributed by atoms with Crippen LogP contribution in [0.15, 0.2) is 5.16 Å². The van der Waals surface area contributed by atoms with Crippen LogP contribution in [-0.2, 0) is 4.79 Å². The number of nitrogens with zero attached hydrogens (tertiary/aromatic N) is 1. The zero-order valence-corrected chi connectivity index (χ0v) is 12.2. The van der Waals surface area contributed by atoms with Crippen molar-refractivity contribution < 1.29 is 10.0 Å². The second kappa shape index (κ2) is 7.36. The Labute approximate surface area is 115 Å². The van der Waals surface area contributed by atoms with E-state index in [1.807, 2.05) is 13.8 Å². The molecule has 0 aliphatic heterocycles. The molecule has 1 saturated carbocycles. The van der Waals surface area contributed by atoms with Gasteiger partial charge in [-0.25, -0.2) is 0 Å². The van der Waals surface area contributed by atoms with E-state index in [0.717, 1.165) is 0 Å². The predicted molar refractivity (Wildman–Crippen MR) is 75.9 cm³/mol. The standard InChI is InChI=1S/C14H27N3O2/c1-9(2)12(13(15)17-19)14(18)16-8-11-7-5-4-6-10(11)3/h9-12,19H,4-8H2,1-3H3,(H2,15,17)(H,16,18). The van der Waals surface area contributed by atoms with Gasteiger partial charge in [0.2, 0.25) is 5.91 Å². The third-order valence-corrected chi connectivity index (χ3v) is 4.21. The van der Waals surface area contributed by atoms with Crippen molar-refractivity contribution in [2.24, 2.45) is 34.6 Å². The quantitative estimate of drug-likeness (QED) is 0.308. The fraction of sp³-hybridized carbons (Fsp3) is 0.857. The lowest BCUT2D eigenvalue weighted by Crippen LogP contribution is -2.44. The molecule has 5 nitrogen and oxygen atoms in total. The Morgan fingerprint density at radius 3 is 2.58 bits per heavy atom. The Morgan fingerprint density at radius 1 is 1.42 bits per heavy atom. The van der Waals surface area contributed by atoms with E-state index in [1.165, 1.54) is 25.7 Å². The van der Waals surface area contributed by atoms with Gasteiger partial charge in [-0.3, -0.25) is 4.79 Å². The first-order valence-corrected chi connectivity index (χ1v) is 7.22. The van der Waals surface area contributed by atoms with Crippen molar-refractivity contribution in [2.45, 2.75) is 46.5 Å². The summed E-state index contributed by atoms with van der Waals surface area (Å²) in [6.45, 7) is 6.73. The van der Waals surface area contributed by atoms with Gasteiger partial charge < -0.3 is 16.3 Å². The molecule has 4 N–H and O–H groups in total. The molecule has 0 spiro atoms. The fourth-order valence-electron chi connectivity index (χ4n) is 2.88. The van der Waals surface area contributed by atoms with Crippen molar-refractivity contribution in [3.63, 3.8) is 0 Å². The molecule has 1 aliphatic rings.